The van der Waals surface area contributed by atoms with E-state index in [0.29, 0.717) is 4.47 Å². The molecule has 0 saturated carbocycles. The molecule has 8 heteroatoms. The Morgan fingerprint density at radius 2 is 1.94 bits per heavy atom. The van der Waals surface area contributed by atoms with Gasteiger partial charge in [-0.2, -0.15) is 13.2 Å². The lowest BCUT2D eigenvalue weighted by Gasteiger charge is -2.28. The molecule has 0 amide bonds. The van der Waals surface area contributed by atoms with Crippen LogP contribution < -0.4 is 4.72 Å². The fourth-order valence-corrected chi connectivity index (χ4v) is 3.47. The minimum Gasteiger partial charge on any atom is -0.598 e. The van der Waals surface area contributed by atoms with E-state index < -0.39 is 28.3 Å². The van der Waals surface area contributed by atoms with Crippen molar-refractivity contribution in [3.8, 4) is 0 Å². The summed E-state index contributed by atoms with van der Waals surface area (Å²) in [6.45, 7) is 4.86. The van der Waals surface area contributed by atoms with Crippen LogP contribution in [0.4, 0.5) is 13.2 Å². The van der Waals surface area contributed by atoms with E-state index in [1.54, 1.807) is 26.2 Å². The molecule has 0 radical (unpaired) electrons. The molecule has 0 fully saturated rings. The molecule has 1 heterocycles. The second-order valence-corrected chi connectivity index (χ2v) is 8.50. The third-order valence-electron chi connectivity index (χ3n) is 1.98. The van der Waals surface area contributed by atoms with Crippen molar-refractivity contribution in [3.63, 3.8) is 0 Å². The largest absolute Gasteiger partial charge is 0.598 e. The molecule has 1 rings (SSSR count). The second kappa shape index (κ2) is 5.70. The standard InChI is InChI=1S/C10H13BrF3NOS2/c1-9(2,3)18(16)15-8(10(12,13)14)7-4-6(11)5-17-7/h4-5,8,15H,1-3H3/t8-,18-/m1/s1. The highest BCUT2D eigenvalue weighted by Crippen LogP contribution is 2.38. The predicted octanol–water partition coefficient (Wildman–Crippen LogP) is 4.17. The number of nitrogens with one attached hydrogen (secondary N) is 1. The Hall–Kier alpha value is 0.240. The van der Waals surface area contributed by atoms with Crippen molar-refractivity contribution in [2.75, 3.05) is 0 Å². The quantitative estimate of drug-likeness (QED) is 0.818. The van der Waals surface area contributed by atoms with Crippen molar-refractivity contribution in [1.29, 1.82) is 0 Å². The molecule has 0 aliphatic rings. The molecule has 0 aliphatic heterocycles. The molecular weight excluding hydrogens is 351 g/mol. The molecule has 0 spiro atoms. The van der Waals surface area contributed by atoms with E-state index in [-0.39, 0.29) is 4.88 Å². The Labute approximate surface area is 119 Å². The lowest BCUT2D eigenvalue weighted by molar-refractivity contribution is -0.152. The molecule has 0 bridgehead atoms. The van der Waals surface area contributed by atoms with Crippen molar-refractivity contribution in [2.24, 2.45) is 0 Å². The monoisotopic (exact) mass is 363 g/mol. The highest BCUT2D eigenvalue weighted by molar-refractivity contribution is 9.10. The SMILES string of the molecule is CC(C)(C)[S@@+]([O-])N[C@H](c1cc(Br)cs1)C(F)(F)F. The van der Waals surface area contributed by atoms with Gasteiger partial charge in [-0.25, -0.2) is 0 Å². The second-order valence-electron chi connectivity index (χ2n) is 4.64. The van der Waals surface area contributed by atoms with Crippen LogP contribution in [-0.2, 0) is 11.4 Å². The first kappa shape index (κ1) is 16.3. The van der Waals surface area contributed by atoms with Crippen LogP contribution in [0.3, 0.4) is 0 Å². The van der Waals surface area contributed by atoms with Crippen molar-refractivity contribution < 1.29 is 17.7 Å². The topological polar surface area (TPSA) is 35.1 Å². The van der Waals surface area contributed by atoms with Gasteiger partial charge in [0.05, 0.1) is 0 Å². The van der Waals surface area contributed by atoms with Gasteiger partial charge in [-0.1, -0.05) is 0 Å². The molecule has 0 saturated heterocycles. The van der Waals surface area contributed by atoms with E-state index >= 15 is 0 Å². The first-order valence-electron chi connectivity index (χ1n) is 5.00. The van der Waals surface area contributed by atoms with Gasteiger partial charge in [-0.15, -0.1) is 16.1 Å². The summed E-state index contributed by atoms with van der Waals surface area (Å²) in [4.78, 5) is 0.0898. The fraction of sp³-hybridized carbons (Fsp3) is 0.600. The molecule has 2 atom stereocenters. The molecule has 18 heavy (non-hydrogen) atoms. The average Bonchev–Trinajstić information content (AvgIpc) is 2.57. The van der Waals surface area contributed by atoms with Gasteiger partial charge in [0.25, 0.3) is 0 Å². The zero-order valence-corrected chi connectivity index (χ0v) is 13.2. The number of hydrogen-bond donors (Lipinski definition) is 1. The molecule has 104 valence electrons. The fourth-order valence-electron chi connectivity index (χ4n) is 1.05. The number of alkyl halides is 3. The molecule has 1 N–H and O–H groups in total. The maximum atomic E-state index is 13.0. The first-order valence-corrected chi connectivity index (χ1v) is 7.83. The van der Waals surface area contributed by atoms with E-state index in [0.717, 1.165) is 11.3 Å². The lowest BCUT2D eigenvalue weighted by Crippen LogP contribution is -2.45. The summed E-state index contributed by atoms with van der Waals surface area (Å²) in [6, 6.07) is -0.524. The molecule has 1 aromatic rings. The van der Waals surface area contributed by atoms with Crippen LogP contribution in [-0.4, -0.2) is 15.5 Å². The van der Waals surface area contributed by atoms with Gasteiger partial charge in [0, 0.05) is 26.1 Å². The van der Waals surface area contributed by atoms with Gasteiger partial charge in [0.1, 0.15) is 4.75 Å². The predicted molar refractivity (Wildman–Crippen MR) is 71.8 cm³/mol. The Morgan fingerprint density at radius 1 is 1.39 bits per heavy atom. The first-order chi connectivity index (χ1) is 8.01. The van der Waals surface area contributed by atoms with Crippen molar-refractivity contribution in [2.45, 2.75) is 37.7 Å². The number of halogens is 4. The normalized spacial score (nSPS) is 16.7. The number of rotatable bonds is 3. The summed E-state index contributed by atoms with van der Waals surface area (Å²) in [5, 5.41) is 1.57. The van der Waals surface area contributed by atoms with Crippen molar-refractivity contribution in [3.05, 3.63) is 20.8 Å². The third kappa shape index (κ3) is 4.41. The van der Waals surface area contributed by atoms with Crippen LogP contribution >= 0.6 is 27.3 Å². The van der Waals surface area contributed by atoms with Crippen molar-refractivity contribution in [1.82, 2.24) is 4.72 Å². The average molecular weight is 364 g/mol. The molecule has 0 aliphatic carbocycles. The molecule has 2 nitrogen and oxygen atoms in total. The van der Waals surface area contributed by atoms with Crippen LogP contribution in [0.5, 0.6) is 0 Å². The zero-order chi connectivity index (χ0) is 14.1. The van der Waals surface area contributed by atoms with Gasteiger partial charge in [0.15, 0.2) is 6.04 Å². The van der Waals surface area contributed by atoms with Crippen LogP contribution in [0.2, 0.25) is 0 Å². The summed E-state index contributed by atoms with van der Waals surface area (Å²) in [5.74, 6) is 0. The van der Waals surface area contributed by atoms with Crippen LogP contribution in [0, 0.1) is 0 Å². The molecular formula is C10H13BrF3NOS2. The number of thiophene rings is 1. The third-order valence-corrected chi connectivity index (χ3v) is 5.30. The summed E-state index contributed by atoms with van der Waals surface area (Å²) in [6.07, 6.45) is -4.48. The molecule has 0 aromatic carbocycles. The Kier molecular flexibility index (Phi) is 5.16. The maximum Gasteiger partial charge on any atom is 0.412 e. The van der Waals surface area contributed by atoms with E-state index in [1.165, 1.54) is 6.07 Å². The molecule has 1 aromatic heterocycles. The van der Waals surface area contributed by atoms with E-state index in [9.17, 15) is 17.7 Å². The summed E-state index contributed by atoms with van der Waals surface area (Å²) >= 11 is 2.30. The Balaban J connectivity index is 2.95. The van der Waals surface area contributed by atoms with E-state index in [4.69, 9.17) is 0 Å². The zero-order valence-electron chi connectivity index (χ0n) is 9.97. The van der Waals surface area contributed by atoms with Crippen LogP contribution in [0.1, 0.15) is 31.7 Å². The minimum absolute atomic E-state index is 0.0898. The van der Waals surface area contributed by atoms with Gasteiger partial charge in [-0.05, 0) is 42.8 Å². The smallest absolute Gasteiger partial charge is 0.412 e. The van der Waals surface area contributed by atoms with Gasteiger partial charge >= 0.3 is 6.18 Å². The lowest BCUT2D eigenvalue weighted by atomic mass is 10.2. The summed E-state index contributed by atoms with van der Waals surface area (Å²) in [7, 11) is 0. The van der Waals surface area contributed by atoms with E-state index in [2.05, 4.69) is 20.7 Å². The van der Waals surface area contributed by atoms with Crippen LogP contribution in [0.15, 0.2) is 15.9 Å². The maximum absolute atomic E-state index is 13.0. The van der Waals surface area contributed by atoms with Crippen LogP contribution in [0.25, 0.3) is 0 Å². The summed E-state index contributed by atoms with van der Waals surface area (Å²) in [5.41, 5.74) is 0. The highest BCUT2D eigenvalue weighted by Gasteiger charge is 2.46. The van der Waals surface area contributed by atoms with Gasteiger partial charge in [-0.3, -0.25) is 0 Å². The van der Waals surface area contributed by atoms with Gasteiger partial charge in [0.2, 0.25) is 0 Å². The summed E-state index contributed by atoms with van der Waals surface area (Å²) < 4.78 is 52.7. The highest BCUT2D eigenvalue weighted by atomic mass is 79.9. The van der Waals surface area contributed by atoms with Crippen molar-refractivity contribution >= 4 is 38.6 Å². The number of hydrogen-bond acceptors (Lipinski definition) is 3. The van der Waals surface area contributed by atoms with Gasteiger partial charge < -0.3 is 4.55 Å². The Morgan fingerprint density at radius 3 is 2.28 bits per heavy atom. The molecule has 0 unspecified atom stereocenters. The minimum atomic E-state index is -4.48. The van der Waals surface area contributed by atoms with E-state index in [1.807, 2.05) is 0 Å². The Bertz CT molecular complexity index is 403.